The summed E-state index contributed by atoms with van der Waals surface area (Å²) in [4.78, 5) is 0.304. The van der Waals surface area contributed by atoms with E-state index in [1.54, 1.807) is 42.1 Å². The molecule has 1 aromatic heterocycles. The fraction of sp³-hybridized carbons (Fsp3) is 0.364. The molecule has 0 atom stereocenters. The van der Waals surface area contributed by atoms with E-state index in [1.165, 1.54) is 5.56 Å². The van der Waals surface area contributed by atoms with E-state index in [0.717, 1.165) is 29.5 Å². The highest BCUT2D eigenvalue weighted by molar-refractivity contribution is 7.99. The minimum absolute atomic E-state index is 0.150. The number of ether oxygens (including phenoxy) is 1. The summed E-state index contributed by atoms with van der Waals surface area (Å²) in [6.07, 6.45) is 1.92. The maximum absolute atomic E-state index is 12.6. The smallest absolute Gasteiger partial charge is 0.191 e. The molecule has 0 unspecified atom stereocenters. The number of hydrogen-bond acceptors (Lipinski definition) is 6. The average molecular weight is 446 g/mol. The Morgan fingerprint density at radius 3 is 2.57 bits per heavy atom. The standard InChI is InChI=1S/C22H27N3O3S2/c1-3-25-21(17-30(26,27)20-12-5-4-6-13-20)23-24-22(25)29-15-8-7-14-28-19-11-9-10-18(2)16-19/h4-6,9-13,16H,3,7-8,14-15,17H2,1-2H3. The summed E-state index contributed by atoms with van der Waals surface area (Å²) in [5, 5.41) is 9.13. The van der Waals surface area contributed by atoms with Crippen LogP contribution in [-0.4, -0.2) is 35.5 Å². The molecule has 160 valence electrons. The molecular weight excluding hydrogens is 418 g/mol. The van der Waals surface area contributed by atoms with Crippen molar-refractivity contribution in [1.29, 1.82) is 0 Å². The Morgan fingerprint density at radius 1 is 1.03 bits per heavy atom. The molecule has 3 rings (SSSR count). The van der Waals surface area contributed by atoms with Gasteiger partial charge in [0, 0.05) is 12.3 Å². The Hall–Kier alpha value is -2.32. The van der Waals surface area contributed by atoms with Crippen LogP contribution in [0.2, 0.25) is 0 Å². The van der Waals surface area contributed by atoms with Crippen molar-refractivity contribution in [1.82, 2.24) is 14.8 Å². The van der Waals surface area contributed by atoms with Gasteiger partial charge in [-0.3, -0.25) is 0 Å². The van der Waals surface area contributed by atoms with Crippen LogP contribution in [0.25, 0.3) is 0 Å². The van der Waals surface area contributed by atoms with E-state index in [9.17, 15) is 8.42 Å². The normalized spacial score (nSPS) is 11.5. The van der Waals surface area contributed by atoms with Crippen molar-refractivity contribution in [2.75, 3.05) is 12.4 Å². The predicted molar refractivity (Wildman–Crippen MR) is 120 cm³/mol. The minimum Gasteiger partial charge on any atom is -0.494 e. The molecular formula is C22H27N3O3S2. The maximum atomic E-state index is 12.6. The van der Waals surface area contributed by atoms with E-state index in [1.807, 2.05) is 42.7 Å². The highest BCUT2D eigenvalue weighted by atomic mass is 32.2. The van der Waals surface area contributed by atoms with Gasteiger partial charge in [-0.15, -0.1) is 10.2 Å². The lowest BCUT2D eigenvalue weighted by atomic mass is 10.2. The van der Waals surface area contributed by atoms with Gasteiger partial charge in [0.2, 0.25) is 0 Å². The summed E-state index contributed by atoms with van der Waals surface area (Å²) in [6, 6.07) is 16.5. The highest BCUT2D eigenvalue weighted by Crippen LogP contribution is 2.22. The molecule has 0 fully saturated rings. The molecule has 30 heavy (non-hydrogen) atoms. The van der Waals surface area contributed by atoms with Crippen LogP contribution in [0.3, 0.4) is 0 Å². The van der Waals surface area contributed by atoms with Crippen LogP contribution in [0.15, 0.2) is 64.6 Å². The minimum atomic E-state index is -3.44. The first-order valence-electron chi connectivity index (χ1n) is 10.0. The third kappa shape index (κ3) is 6.09. The van der Waals surface area contributed by atoms with Crippen LogP contribution in [-0.2, 0) is 22.1 Å². The first-order chi connectivity index (χ1) is 14.5. The summed E-state index contributed by atoms with van der Waals surface area (Å²) in [5.41, 5.74) is 1.19. The van der Waals surface area contributed by atoms with Crippen molar-refractivity contribution in [2.24, 2.45) is 0 Å². The zero-order valence-corrected chi connectivity index (χ0v) is 19.0. The molecule has 0 N–H and O–H groups in total. The van der Waals surface area contributed by atoms with Gasteiger partial charge in [0.15, 0.2) is 15.0 Å². The first kappa shape index (κ1) is 22.4. The van der Waals surface area contributed by atoms with E-state index in [2.05, 4.69) is 10.2 Å². The molecule has 0 aliphatic heterocycles. The molecule has 6 nitrogen and oxygen atoms in total. The second kappa shape index (κ2) is 10.6. The van der Waals surface area contributed by atoms with Crippen LogP contribution in [0.5, 0.6) is 5.75 Å². The number of nitrogens with zero attached hydrogens (tertiary/aromatic N) is 3. The SMILES string of the molecule is CCn1c(CS(=O)(=O)c2ccccc2)nnc1SCCCCOc1cccc(C)c1. The predicted octanol–water partition coefficient (Wildman–Crippen LogP) is 4.53. The van der Waals surface area contributed by atoms with Crippen LogP contribution in [0.4, 0.5) is 0 Å². The van der Waals surface area contributed by atoms with Gasteiger partial charge < -0.3 is 9.30 Å². The van der Waals surface area contributed by atoms with Gasteiger partial charge in [0.05, 0.1) is 11.5 Å². The molecule has 0 aliphatic carbocycles. The second-order valence-corrected chi connectivity index (χ2v) is 9.99. The van der Waals surface area contributed by atoms with Gasteiger partial charge in [-0.2, -0.15) is 0 Å². The molecule has 0 saturated heterocycles. The second-order valence-electron chi connectivity index (χ2n) is 6.94. The number of rotatable bonds is 11. The summed E-state index contributed by atoms with van der Waals surface area (Å²) >= 11 is 1.60. The van der Waals surface area contributed by atoms with E-state index < -0.39 is 9.84 Å². The van der Waals surface area contributed by atoms with E-state index in [-0.39, 0.29) is 5.75 Å². The zero-order chi connectivity index (χ0) is 21.4. The number of thioether (sulfide) groups is 1. The summed E-state index contributed by atoms with van der Waals surface area (Å²) < 4.78 is 33.0. The topological polar surface area (TPSA) is 74.1 Å². The number of unbranched alkanes of at least 4 members (excludes halogenated alkanes) is 1. The molecule has 0 bridgehead atoms. The molecule has 8 heteroatoms. The van der Waals surface area contributed by atoms with E-state index in [4.69, 9.17) is 4.74 Å². The molecule has 2 aromatic carbocycles. The monoisotopic (exact) mass is 445 g/mol. The summed E-state index contributed by atoms with van der Waals surface area (Å²) in [5.74, 6) is 2.10. The van der Waals surface area contributed by atoms with Gasteiger partial charge in [-0.25, -0.2) is 8.42 Å². The molecule has 0 radical (unpaired) electrons. The Bertz CT molecular complexity index is 1050. The highest BCUT2D eigenvalue weighted by Gasteiger charge is 2.20. The van der Waals surface area contributed by atoms with Gasteiger partial charge in [-0.1, -0.05) is 42.1 Å². The third-order valence-electron chi connectivity index (χ3n) is 4.56. The van der Waals surface area contributed by atoms with Gasteiger partial charge in [-0.05, 0) is 56.5 Å². The van der Waals surface area contributed by atoms with Crippen molar-refractivity contribution in [2.45, 2.75) is 49.0 Å². The summed E-state index contributed by atoms with van der Waals surface area (Å²) in [7, 11) is -3.44. The zero-order valence-electron chi connectivity index (χ0n) is 17.3. The van der Waals surface area contributed by atoms with Crippen LogP contribution < -0.4 is 4.74 Å². The molecule has 1 heterocycles. The summed E-state index contributed by atoms with van der Waals surface area (Å²) in [6.45, 7) is 5.32. The largest absolute Gasteiger partial charge is 0.494 e. The first-order valence-corrected chi connectivity index (χ1v) is 12.7. The molecule has 0 amide bonds. The Morgan fingerprint density at radius 2 is 1.83 bits per heavy atom. The van der Waals surface area contributed by atoms with Crippen molar-refractivity contribution in [3.63, 3.8) is 0 Å². The Labute approximate surface area is 182 Å². The maximum Gasteiger partial charge on any atom is 0.191 e. The molecule has 0 saturated carbocycles. The number of aryl methyl sites for hydroxylation is 1. The van der Waals surface area contributed by atoms with Gasteiger partial charge in [0.1, 0.15) is 17.3 Å². The lowest BCUT2D eigenvalue weighted by Crippen LogP contribution is -2.11. The number of benzene rings is 2. The Balaban J connectivity index is 1.49. The van der Waals surface area contributed by atoms with Gasteiger partial charge >= 0.3 is 0 Å². The van der Waals surface area contributed by atoms with Crippen molar-refractivity contribution in [3.05, 3.63) is 66.0 Å². The number of sulfone groups is 1. The third-order valence-corrected chi connectivity index (χ3v) is 7.24. The average Bonchev–Trinajstić information content (AvgIpc) is 3.12. The molecule has 0 aliphatic rings. The lowest BCUT2D eigenvalue weighted by Gasteiger charge is -2.09. The van der Waals surface area contributed by atoms with Crippen LogP contribution >= 0.6 is 11.8 Å². The molecule has 0 spiro atoms. The van der Waals surface area contributed by atoms with E-state index >= 15 is 0 Å². The van der Waals surface area contributed by atoms with Crippen molar-refractivity contribution in [3.8, 4) is 5.75 Å². The Kier molecular flexibility index (Phi) is 7.93. The van der Waals surface area contributed by atoms with Gasteiger partial charge in [0.25, 0.3) is 0 Å². The quantitative estimate of drug-likeness (QED) is 0.319. The number of hydrogen-bond donors (Lipinski definition) is 0. The fourth-order valence-corrected chi connectivity index (χ4v) is 5.31. The van der Waals surface area contributed by atoms with Crippen LogP contribution in [0.1, 0.15) is 31.2 Å². The number of aromatic nitrogens is 3. The van der Waals surface area contributed by atoms with Crippen molar-refractivity contribution < 1.29 is 13.2 Å². The lowest BCUT2D eigenvalue weighted by molar-refractivity contribution is 0.309. The molecule has 3 aromatic rings. The fourth-order valence-electron chi connectivity index (χ4n) is 2.99. The van der Waals surface area contributed by atoms with Crippen LogP contribution in [0, 0.1) is 6.92 Å². The van der Waals surface area contributed by atoms with E-state index in [0.29, 0.717) is 23.9 Å². The van der Waals surface area contributed by atoms with Crippen molar-refractivity contribution >= 4 is 21.6 Å².